The molecule has 2 heterocycles. The molecule has 30 heavy (non-hydrogen) atoms. The summed E-state index contributed by atoms with van der Waals surface area (Å²) in [6.07, 6.45) is 5.00. The zero-order valence-electron chi connectivity index (χ0n) is 16.5. The van der Waals surface area contributed by atoms with Gasteiger partial charge in [0.25, 0.3) is 0 Å². The van der Waals surface area contributed by atoms with Gasteiger partial charge in [0, 0.05) is 23.5 Å². The maximum Gasteiger partial charge on any atom is 0.191 e. The zero-order valence-corrected chi connectivity index (χ0v) is 18.1. The summed E-state index contributed by atoms with van der Waals surface area (Å²) in [5.41, 5.74) is 3.31. The van der Waals surface area contributed by atoms with Gasteiger partial charge in [-0.2, -0.15) is 0 Å². The van der Waals surface area contributed by atoms with Gasteiger partial charge in [0.05, 0.1) is 16.8 Å². The maximum absolute atomic E-state index is 6.24. The Morgan fingerprint density at radius 3 is 2.60 bits per heavy atom. The van der Waals surface area contributed by atoms with Crippen molar-refractivity contribution in [3.63, 3.8) is 0 Å². The average molecular weight is 436 g/mol. The van der Waals surface area contributed by atoms with Crippen molar-refractivity contribution in [3.8, 4) is 0 Å². The fourth-order valence-electron chi connectivity index (χ4n) is 4.02. The van der Waals surface area contributed by atoms with E-state index in [2.05, 4.69) is 49.7 Å². The summed E-state index contributed by atoms with van der Waals surface area (Å²) in [4.78, 5) is 4.93. The number of nitrogens with zero attached hydrogens (tertiary/aromatic N) is 5. The minimum absolute atomic E-state index is 0.597. The summed E-state index contributed by atoms with van der Waals surface area (Å²) in [6.45, 7) is 0.789. The van der Waals surface area contributed by atoms with E-state index in [-0.39, 0.29) is 0 Å². The fourth-order valence-corrected chi connectivity index (χ4v) is 5.14. The van der Waals surface area contributed by atoms with E-state index < -0.39 is 0 Å². The van der Waals surface area contributed by atoms with Crippen molar-refractivity contribution < 1.29 is 0 Å². The third-order valence-electron chi connectivity index (χ3n) is 5.85. The van der Waals surface area contributed by atoms with Crippen LogP contribution >= 0.6 is 23.4 Å². The highest BCUT2D eigenvalue weighted by Crippen LogP contribution is 2.46. The van der Waals surface area contributed by atoms with Crippen molar-refractivity contribution >= 4 is 34.4 Å². The van der Waals surface area contributed by atoms with Crippen molar-refractivity contribution in [2.75, 3.05) is 0 Å². The summed E-state index contributed by atoms with van der Waals surface area (Å²) < 4.78 is 4.71. The molecule has 2 aliphatic carbocycles. The van der Waals surface area contributed by atoms with E-state index in [0.29, 0.717) is 17.0 Å². The number of imidazole rings is 1. The first-order valence-electron chi connectivity index (χ1n) is 10.5. The molecule has 5 nitrogen and oxygen atoms in total. The smallest absolute Gasteiger partial charge is 0.191 e. The Morgan fingerprint density at radius 2 is 1.83 bits per heavy atom. The molecule has 0 spiro atoms. The van der Waals surface area contributed by atoms with Crippen molar-refractivity contribution in [1.82, 2.24) is 24.3 Å². The number of hydrogen-bond acceptors (Lipinski definition) is 4. The Morgan fingerprint density at radius 1 is 1.00 bits per heavy atom. The normalized spacial score (nSPS) is 16.4. The van der Waals surface area contributed by atoms with Crippen LogP contribution in [0.4, 0.5) is 0 Å². The van der Waals surface area contributed by atoms with Crippen LogP contribution in [0.25, 0.3) is 11.0 Å². The highest BCUT2D eigenvalue weighted by Gasteiger charge is 2.36. The number of fused-ring (bicyclic) bond motifs is 1. The molecule has 2 saturated carbocycles. The van der Waals surface area contributed by atoms with Gasteiger partial charge >= 0.3 is 0 Å². The van der Waals surface area contributed by atoms with Crippen LogP contribution in [0.3, 0.4) is 0 Å². The van der Waals surface area contributed by atoms with E-state index in [1.807, 2.05) is 18.2 Å². The van der Waals surface area contributed by atoms with Gasteiger partial charge in [-0.3, -0.25) is 0 Å². The number of aromatic nitrogens is 5. The molecule has 0 atom stereocenters. The number of thioether (sulfide) groups is 1. The number of rotatable bonds is 7. The standard InChI is InChI=1S/C23H22ClN5S/c24-17-8-11-20-19(12-17)25-21(28(20)13-15-4-2-1-3-5-15)14-30-23-27-26-22(16-6-7-16)29(23)18-9-10-18/h1-5,8,11-12,16,18H,6-7,9-10,13-14H2. The highest BCUT2D eigenvalue weighted by molar-refractivity contribution is 7.98. The molecule has 2 aromatic heterocycles. The molecule has 0 N–H and O–H groups in total. The zero-order chi connectivity index (χ0) is 20.1. The van der Waals surface area contributed by atoms with Crippen molar-refractivity contribution in [2.45, 2.75) is 55.1 Å². The number of halogens is 1. The van der Waals surface area contributed by atoms with E-state index >= 15 is 0 Å². The maximum atomic E-state index is 6.24. The van der Waals surface area contributed by atoms with Crippen LogP contribution in [0.15, 0.2) is 53.7 Å². The first-order chi connectivity index (χ1) is 14.8. The molecule has 0 aliphatic heterocycles. The minimum atomic E-state index is 0.597. The van der Waals surface area contributed by atoms with Gasteiger partial charge in [0.2, 0.25) is 0 Å². The van der Waals surface area contributed by atoms with Crippen molar-refractivity contribution in [2.24, 2.45) is 0 Å². The molecule has 0 saturated heterocycles. The topological polar surface area (TPSA) is 48.5 Å². The quantitative estimate of drug-likeness (QED) is 0.342. The fraction of sp³-hybridized carbons (Fsp3) is 0.348. The highest BCUT2D eigenvalue weighted by atomic mass is 35.5. The predicted octanol–water partition coefficient (Wildman–Crippen LogP) is 5.83. The lowest BCUT2D eigenvalue weighted by Crippen LogP contribution is -2.05. The molecule has 0 unspecified atom stereocenters. The average Bonchev–Trinajstić information content (AvgIpc) is 3.69. The molecule has 0 amide bonds. The summed E-state index contributed by atoms with van der Waals surface area (Å²) >= 11 is 7.99. The molecule has 6 rings (SSSR count). The summed E-state index contributed by atoms with van der Waals surface area (Å²) in [5.74, 6) is 3.62. The Balaban J connectivity index is 1.33. The van der Waals surface area contributed by atoms with Gasteiger partial charge in [-0.05, 0) is 49.4 Å². The van der Waals surface area contributed by atoms with E-state index in [4.69, 9.17) is 16.6 Å². The summed E-state index contributed by atoms with van der Waals surface area (Å²) in [5, 5.41) is 10.9. The second-order valence-electron chi connectivity index (χ2n) is 8.24. The molecule has 0 radical (unpaired) electrons. The lowest BCUT2D eigenvalue weighted by Gasteiger charge is -2.11. The predicted molar refractivity (Wildman–Crippen MR) is 120 cm³/mol. The first kappa shape index (κ1) is 18.5. The second kappa shape index (κ2) is 7.43. The number of hydrogen-bond donors (Lipinski definition) is 0. The lowest BCUT2D eigenvalue weighted by molar-refractivity contribution is 0.626. The van der Waals surface area contributed by atoms with Crippen LogP contribution < -0.4 is 0 Å². The molecule has 2 aliphatic rings. The van der Waals surface area contributed by atoms with Gasteiger partial charge < -0.3 is 9.13 Å². The van der Waals surface area contributed by atoms with Crippen molar-refractivity contribution in [3.05, 3.63) is 70.8 Å². The van der Waals surface area contributed by atoms with Gasteiger partial charge in [0.15, 0.2) is 5.16 Å². The van der Waals surface area contributed by atoms with E-state index in [0.717, 1.165) is 34.3 Å². The van der Waals surface area contributed by atoms with Crippen LogP contribution in [0.5, 0.6) is 0 Å². The molecular formula is C23H22ClN5S. The molecule has 2 fully saturated rings. The monoisotopic (exact) mass is 435 g/mol. The molecule has 152 valence electrons. The number of benzene rings is 2. The van der Waals surface area contributed by atoms with E-state index in [1.165, 1.54) is 37.1 Å². The van der Waals surface area contributed by atoms with Gasteiger partial charge in [-0.1, -0.05) is 53.7 Å². The van der Waals surface area contributed by atoms with E-state index in [1.54, 1.807) is 11.8 Å². The molecule has 7 heteroatoms. The molecule has 2 aromatic carbocycles. The van der Waals surface area contributed by atoms with Gasteiger partial charge in [0.1, 0.15) is 11.6 Å². The third kappa shape index (κ3) is 3.52. The first-order valence-corrected chi connectivity index (χ1v) is 11.9. The van der Waals surface area contributed by atoms with Crippen LogP contribution in [-0.2, 0) is 12.3 Å². The Hall–Kier alpha value is -2.31. The third-order valence-corrected chi connectivity index (χ3v) is 7.02. The SMILES string of the molecule is Clc1ccc2c(c1)nc(CSc1nnc(C3CC3)n1C1CC1)n2Cc1ccccc1. The minimum Gasteiger partial charge on any atom is -0.323 e. The van der Waals surface area contributed by atoms with Crippen LogP contribution in [0, 0.1) is 0 Å². The van der Waals surface area contributed by atoms with Crippen LogP contribution in [0.1, 0.15) is 54.9 Å². The second-order valence-corrected chi connectivity index (χ2v) is 9.62. The van der Waals surface area contributed by atoms with Gasteiger partial charge in [-0.15, -0.1) is 10.2 Å². The lowest BCUT2D eigenvalue weighted by atomic mass is 10.2. The van der Waals surface area contributed by atoms with E-state index in [9.17, 15) is 0 Å². The van der Waals surface area contributed by atoms with Gasteiger partial charge in [-0.25, -0.2) is 4.98 Å². The summed E-state index contributed by atoms with van der Waals surface area (Å²) in [7, 11) is 0. The largest absolute Gasteiger partial charge is 0.323 e. The van der Waals surface area contributed by atoms with Crippen LogP contribution in [0.2, 0.25) is 5.02 Å². The van der Waals surface area contributed by atoms with Crippen molar-refractivity contribution in [1.29, 1.82) is 0 Å². The molecule has 4 aromatic rings. The Labute approximate surface area is 184 Å². The summed E-state index contributed by atoms with van der Waals surface area (Å²) in [6, 6.07) is 17.1. The Bertz CT molecular complexity index is 1210. The van der Waals surface area contributed by atoms with Crippen LogP contribution in [-0.4, -0.2) is 24.3 Å². The molecular weight excluding hydrogens is 414 g/mol. The molecule has 0 bridgehead atoms. The Kier molecular flexibility index (Phi) is 4.57.